The molecule has 2 atom stereocenters. The van der Waals surface area contributed by atoms with Crippen LogP contribution in [0.5, 0.6) is 0 Å². The first-order valence-electron chi connectivity index (χ1n) is 8.01. The zero-order valence-electron chi connectivity index (χ0n) is 15.2. The third kappa shape index (κ3) is 4.55. The third-order valence-electron chi connectivity index (χ3n) is 4.74. The van der Waals surface area contributed by atoms with E-state index in [-0.39, 0.29) is 16.9 Å². The molecule has 2 unspecified atom stereocenters. The van der Waals surface area contributed by atoms with E-state index in [2.05, 4.69) is 84.7 Å². The topological polar surface area (TPSA) is 29.3 Å². The number of nitrogens with two attached hydrogens (primary N) is 1. The average molecular weight is 290 g/mol. The molecule has 1 aromatic carbocycles. The lowest BCUT2D eigenvalue weighted by Crippen LogP contribution is -2.43. The Morgan fingerprint density at radius 2 is 1.48 bits per heavy atom. The summed E-state index contributed by atoms with van der Waals surface area (Å²) in [6.07, 6.45) is 0. The van der Waals surface area contributed by atoms with E-state index in [4.69, 9.17) is 5.73 Å². The van der Waals surface area contributed by atoms with Crippen molar-refractivity contribution in [2.75, 3.05) is 13.6 Å². The molecule has 0 aliphatic heterocycles. The monoisotopic (exact) mass is 290 g/mol. The minimum Gasteiger partial charge on any atom is -0.329 e. The van der Waals surface area contributed by atoms with E-state index >= 15 is 0 Å². The largest absolute Gasteiger partial charge is 0.329 e. The number of benzene rings is 1. The van der Waals surface area contributed by atoms with Crippen molar-refractivity contribution in [2.45, 2.75) is 66.0 Å². The summed E-state index contributed by atoms with van der Waals surface area (Å²) in [5, 5.41) is 0. The summed E-state index contributed by atoms with van der Waals surface area (Å²) >= 11 is 0. The van der Waals surface area contributed by atoms with Gasteiger partial charge in [0.25, 0.3) is 0 Å². The van der Waals surface area contributed by atoms with Gasteiger partial charge in [0.15, 0.2) is 0 Å². The second kappa shape index (κ2) is 6.50. The van der Waals surface area contributed by atoms with E-state index in [0.29, 0.717) is 12.6 Å². The van der Waals surface area contributed by atoms with Crippen molar-refractivity contribution in [3.8, 4) is 0 Å². The van der Waals surface area contributed by atoms with Crippen LogP contribution >= 0.6 is 0 Å². The van der Waals surface area contributed by atoms with Gasteiger partial charge >= 0.3 is 0 Å². The van der Waals surface area contributed by atoms with E-state index < -0.39 is 0 Å². The number of hydrogen-bond donors (Lipinski definition) is 1. The van der Waals surface area contributed by atoms with Crippen molar-refractivity contribution < 1.29 is 0 Å². The molecule has 0 fully saturated rings. The molecule has 0 aromatic heterocycles. The van der Waals surface area contributed by atoms with Gasteiger partial charge in [-0.15, -0.1) is 0 Å². The minimum atomic E-state index is 0.196. The molecule has 1 rings (SSSR count). The molecule has 0 bridgehead atoms. The van der Waals surface area contributed by atoms with Crippen LogP contribution in [-0.2, 0) is 5.41 Å². The lowest BCUT2D eigenvalue weighted by Gasteiger charge is -2.40. The van der Waals surface area contributed by atoms with Crippen LogP contribution < -0.4 is 5.73 Å². The highest BCUT2D eigenvalue weighted by atomic mass is 15.2. The molecule has 0 heterocycles. The predicted octanol–water partition coefficient (Wildman–Crippen LogP) is 4.35. The number of nitrogens with zero attached hydrogens (tertiary/aromatic N) is 1. The van der Waals surface area contributed by atoms with Crippen LogP contribution in [0.3, 0.4) is 0 Å². The maximum atomic E-state index is 6.07. The fraction of sp³-hybridized carbons (Fsp3) is 0.684. The van der Waals surface area contributed by atoms with Gasteiger partial charge in [-0.25, -0.2) is 0 Å². The maximum absolute atomic E-state index is 6.07. The summed E-state index contributed by atoms with van der Waals surface area (Å²) in [5.41, 5.74) is 9.19. The Labute approximate surface area is 131 Å². The summed E-state index contributed by atoms with van der Waals surface area (Å²) < 4.78 is 0. The summed E-state index contributed by atoms with van der Waals surface area (Å²) in [5.74, 6) is 0. The Hall–Kier alpha value is -0.860. The van der Waals surface area contributed by atoms with Gasteiger partial charge in [-0.05, 0) is 35.9 Å². The maximum Gasteiger partial charge on any atom is 0.0470 e. The fourth-order valence-corrected chi connectivity index (χ4v) is 2.62. The molecular formula is C19H34N2. The zero-order valence-corrected chi connectivity index (χ0v) is 15.2. The van der Waals surface area contributed by atoms with Crippen molar-refractivity contribution in [3.05, 3.63) is 35.4 Å². The van der Waals surface area contributed by atoms with Gasteiger partial charge in [-0.1, -0.05) is 65.8 Å². The fourth-order valence-electron chi connectivity index (χ4n) is 2.62. The third-order valence-corrected chi connectivity index (χ3v) is 4.74. The van der Waals surface area contributed by atoms with Crippen molar-refractivity contribution >= 4 is 0 Å². The van der Waals surface area contributed by atoms with Crippen LogP contribution in [0, 0.1) is 5.41 Å². The summed E-state index contributed by atoms with van der Waals surface area (Å²) in [7, 11) is 2.19. The average Bonchev–Trinajstić information content (AvgIpc) is 2.37. The number of rotatable bonds is 4. The van der Waals surface area contributed by atoms with E-state index in [1.54, 1.807) is 0 Å². The first-order chi connectivity index (χ1) is 9.48. The zero-order chi connectivity index (χ0) is 16.4. The molecule has 0 aliphatic rings. The molecule has 0 aliphatic carbocycles. The first kappa shape index (κ1) is 18.2. The van der Waals surface area contributed by atoms with Crippen molar-refractivity contribution in [3.63, 3.8) is 0 Å². The summed E-state index contributed by atoms with van der Waals surface area (Å²) in [6.45, 7) is 16.5. The lowest BCUT2D eigenvalue weighted by atomic mass is 9.84. The van der Waals surface area contributed by atoms with Crippen LogP contribution in [0.4, 0.5) is 0 Å². The molecule has 1 aromatic rings. The molecule has 2 N–H and O–H groups in total. The molecule has 0 spiro atoms. The van der Waals surface area contributed by atoms with Crippen LogP contribution in [0.25, 0.3) is 0 Å². The van der Waals surface area contributed by atoms with Crippen LogP contribution in [0.2, 0.25) is 0 Å². The minimum absolute atomic E-state index is 0.196. The molecule has 0 saturated heterocycles. The SMILES string of the molecule is CC(N(C)C(CN)c1ccc(C(C)(C)C)cc1)C(C)(C)C. The highest BCUT2D eigenvalue weighted by molar-refractivity contribution is 5.29. The normalized spacial score (nSPS) is 16.1. The van der Waals surface area contributed by atoms with Gasteiger partial charge in [0.1, 0.15) is 0 Å². The van der Waals surface area contributed by atoms with Gasteiger partial charge in [-0.3, -0.25) is 4.90 Å². The van der Waals surface area contributed by atoms with E-state index in [0.717, 1.165) is 0 Å². The molecule has 2 nitrogen and oxygen atoms in total. The number of likely N-dealkylation sites (N-methyl/N-ethyl adjacent to an activating group) is 1. The van der Waals surface area contributed by atoms with Crippen LogP contribution in [0.15, 0.2) is 24.3 Å². The van der Waals surface area contributed by atoms with E-state index in [1.165, 1.54) is 11.1 Å². The van der Waals surface area contributed by atoms with Gasteiger partial charge < -0.3 is 5.73 Å². The summed E-state index contributed by atoms with van der Waals surface area (Å²) in [6, 6.07) is 9.70. The Balaban J connectivity index is 3.00. The van der Waals surface area contributed by atoms with E-state index in [1.807, 2.05) is 0 Å². The number of hydrogen-bond acceptors (Lipinski definition) is 2. The van der Waals surface area contributed by atoms with Crippen LogP contribution in [-0.4, -0.2) is 24.5 Å². The Kier molecular flexibility index (Phi) is 5.63. The summed E-state index contributed by atoms with van der Waals surface area (Å²) in [4.78, 5) is 2.41. The smallest absolute Gasteiger partial charge is 0.0470 e. The second-order valence-corrected chi connectivity index (χ2v) is 8.33. The molecule has 2 heteroatoms. The van der Waals surface area contributed by atoms with Crippen molar-refractivity contribution in [1.29, 1.82) is 0 Å². The van der Waals surface area contributed by atoms with E-state index in [9.17, 15) is 0 Å². The Bertz CT molecular complexity index is 434. The van der Waals surface area contributed by atoms with Gasteiger partial charge in [-0.2, -0.15) is 0 Å². The first-order valence-corrected chi connectivity index (χ1v) is 8.01. The van der Waals surface area contributed by atoms with Crippen molar-refractivity contribution in [1.82, 2.24) is 4.90 Å². The molecule has 0 saturated carbocycles. The molecule has 21 heavy (non-hydrogen) atoms. The molecule has 0 amide bonds. The molecule has 120 valence electrons. The lowest BCUT2D eigenvalue weighted by molar-refractivity contribution is 0.100. The standard InChI is InChI=1S/C19H34N2/c1-14(18(2,3)4)21(8)17(13-20)15-9-11-16(12-10-15)19(5,6)7/h9-12,14,17H,13,20H2,1-8H3. The highest BCUT2D eigenvalue weighted by Crippen LogP contribution is 2.30. The van der Waals surface area contributed by atoms with Gasteiger partial charge in [0.2, 0.25) is 0 Å². The second-order valence-electron chi connectivity index (χ2n) is 8.33. The molecular weight excluding hydrogens is 256 g/mol. The van der Waals surface area contributed by atoms with Crippen molar-refractivity contribution in [2.24, 2.45) is 11.1 Å². The quantitative estimate of drug-likeness (QED) is 0.893. The van der Waals surface area contributed by atoms with Gasteiger partial charge in [0, 0.05) is 18.6 Å². The van der Waals surface area contributed by atoms with Gasteiger partial charge in [0.05, 0.1) is 0 Å². The Morgan fingerprint density at radius 1 is 1.00 bits per heavy atom. The molecule has 0 radical (unpaired) electrons. The predicted molar refractivity (Wildman–Crippen MR) is 93.6 cm³/mol. The highest BCUT2D eigenvalue weighted by Gasteiger charge is 2.28. The Morgan fingerprint density at radius 3 is 1.81 bits per heavy atom. The van der Waals surface area contributed by atoms with Crippen LogP contribution in [0.1, 0.15) is 65.6 Å².